The number of anilines is 2. The zero-order valence-corrected chi connectivity index (χ0v) is 17.3. The third kappa shape index (κ3) is 3.63. The van der Waals surface area contributed by atoms with Gasteiger partial charge in [0.1, 0.15) is 0 Å². The number of benzene rings is 2. The highest BCUT2D eigenvalue weighted by Gasteiger charge is 2.09. The Morgan fingerprint density at radius 1 is 1.00 bits per heavy atom. The van der Waals surface area contributed by atoms with E-state index in [1.165, 1.54) is 15.2 Å². The highest BCUT2D eigenvalue weighted by Crippen LogP contribution is 2.33. The Balaban J connectivity index is 1.54. The molecule has 2 aromatic carbocycles. The van der Waals surface area contributed by atoms with Gasteiger partial charge in [0.15, 0.2) is 10.3 Å². The molecule has 4 rings (SSSR count). The molecule has 132 valence electrons. The molecule has 0 radical (unpaired) electrons. The van der Waals surface area contributed by atoms with Crippen molar-refractivity contribution >= 4 is 54.9 Å². The summed E-state index contributed by atoms with van der Waals surface area (Å²) in [6.07, 6.45) is 2.09. The number of nitrogens with zero attached hydrogens (tertiary/aromatic N) is 2. The van der Waals surface area contributed by atoms with Crippen molar-refractivity contribution in [1.82, 2.24) is 9.97 Å². The van der Waals surface area contributed by atoms with E-state index in [9.17, 15) is 0 Å². The van der Waals surface area contributed by atoms with Crippen molar-refractivity contribution in [2.24, 2.45) is 0 Å². The molecule has 0 atom stereocenters. The Morgan fingerprint density at radius 2 is 1.81 bits per heavy atom. The molecule has 0 unspecified atom stereocenters. The second-order valence-corrected chi connectivity index (χ2v) is 9.06. The smallest absolute Gasteiger partial charge is 0.190 e. The fraction of sp³-hybridized carbons (Fsp3) is 0.200. The summed E-state index contributed by atoms with van der Waals surface area (Å²) < 4.78 is 1.19. The third-order valence-electron chi connectivity index (χ3n) is 4.19. The highest BCUT2D eigenvalue weighted by molar-refractivity contribution is 7.98. The average molecular weight is 398 g/mol. The largest absolute Gasteiger partial charge is 0.307 e. The van der Waals surface area contributed by atoms with Gasteiger partial charge in [-0.3, -0.25) is 0 Å². The zero-order chi connectivity index (χ0) is 18.1. The van der Waals surface area contributed by atoms with Gasteiger partial charge in [0.25, 0.3) is 0 Å². The topological polar surface area (TPSA) is 37.8 Å². The first-order chi connectivity index (χ1) is 12.6. The first kappa shape index (κ1) is 17.5. The first-order valence-corrected chi connectivity index (χ1v) is 11.3. The van der Waals surface area contributed by atoms with Gasteiger partial charge >= 0.3 is 0 Å². The highest BCUT2D eigenvalue weighted by atomic mass is 32.2. The predicted octanol–water partition coefficient (Wildman–Crippen LogP) is 7.01. The van der Waals surface area contributed by atoms with Gasteiger partial charge in [-0.15, -0.1) is 23.1 Å². The van der Waals surface area contributed by atoms with Crippen LogP contribution in [-0.2, 0) is 0 Å². The van der Waals surface area contributed by atoms with Crippen LogP contribution in [0.3, 0.4) is 0 Å². The Morgan fingerprint density at radius 3 is 2.54 bits per heavy atom. The van der Waals surface area contributed by atoms with E-state index < -0.39 is 0 Å². The van der Waals surface area contributed by atoms with Crippen LogP contribution in [0.25, 0.3) is 21.5 Å². The number of nitrogens with one attached hydrogen (secondary N) is 1. The molecule has 0 aliphatic rings. The van der Waals surface area contributed by atoms with E-state index in [1.807, 2.05) is 0 Å². The summed E-state index contributed by atoms with van der Waals surface area (Å²) in [6, 6.07) is 15.0. The van der Waals surface area contributed by atoms with Crippen molar-refractivity contribution in [3.63, 3.8) is 0 Å². The molecular formula is C20H19N3S3. The van der Waals surface area contributed by atoms with Crippen molar-refractivity contribution < 1.29 is 0 Å². The number of aromatic nitrogens is 2. The second-order valence-electron chi connectivity index (χ2n) is 6.29. The van der Waals surface area contributed by atoms with Crippen LogP contribution < -0.4 is 5.32 Å². The second kappa shape index (κ2) is 7.39. The maximum atomic E-state index is 4.72. The van der Waals surface area contributed by atoms with E-state index in [0.29, 0.717) is 5.92 Å². The molecule has 2 heterocycles. The Kier molecular flexibility index (Phi) is 4.98. The fourth-order valence-corrected chi connectivity index (χ4v) is 4.88. The normalized spacial score (nSPS) is 11.4. The lowest BCUT2D eigenvalue weighted by Gasteiger charge is -2.05. The summed E-state index contributed by atoms with van der Waals surface area (Å²) >= 11 is 5.02. The monoisotopic (exact) mass is 397 g/mol. The maximum absolute atomic E-state index is 4.72. The fourth-order valence-electron chi connectivity index (χ4n) is 2.68. The number of hydrogen-bond acceptors (Lipinski definition) is 6. The number of fused-ring (bicyclic) bond motifs is 1. The van der Waals surface area contributed by atoms with E-state index in [2.05, 4.69) is 78.2 Å². The number of thiazole rings is 2. The van der Waals surface area contributed by atoms with Crippen molar-refractivity contribution in [3.8, 4) is 11.3 Å². The third-order valence-corrected chi connectivity index (χ3v) is 6.60. The van der Waals surface area contributed by atoms with Crippen molar-refractivity contribution in [2.75, 3.05) is 11.6 Å². The Hall–Kier alpha value is -1.89. The molecule has 2 aromatic heterocycles. The molecular weight excluding hydrogens is 378 g/mol. The molecule has 1 N–H and O–H groups in total. The van der Waals surface area contributed by atoms with E-state index in [-0.39, 0.29) is 0 Å². The minimum absolute atomic E-state index is 0.544. The summed E-state index contributed by atoms with van der Waals surface area (Å²) in [5.41, 5.74) is 4.52. The van der Waals surface area contributed by atoms with Crippen LogP contribution in [0, 0.1) is 0 Å². The molecule has 0 aliphatic heterocycles. The molecule has 3 nitrogen and oxygen atoms in total. The first-order valence-electron chi connectivity index (χ1n) is 8.40. The maximum Gasteiger partial charge on any atom is 0.190 e. The van der Waals surface area contributed by atoms with Crippen LogP contribution in [0.1, 0.15) is 25.3 Å². The zero-order valence-electron chi connectivity index (χ0n) is 14.8. The molecule has 4 aromatic rings. The summed E-state index contributed by atoms with van der Waals surface area (Å²) in [5, 5.41) is 7.20. The van der Waals surface area contributed by atoms with E-state index in [0.717, 1.165) is 27.0 Å². The van der Waals surface area contributed by atoms with Gasteiger partial charge in [0.05, 0.1) is 15.9 Å². The minimum atomic E-state index is 0.544. The summed E-state index contributed by atoms with van der Waals surface area (Å²) in [5.74, 6) is 0.544. The molecule has 26 heavy (non-hydrogen) atoms. The van der Waals surface area contributed by atoms with Gasteiger partial charge in [-0.2, -0.15) is 0 Å². The molecule has 0 aliphatic carbocycles. The number of thioether (sulfide) groups is 1. The molecule has 0 fully saturated rings. The number of hydrogen-bond donors (Lipinski definition) is 1. The summed E-state index contributed by atoms with van der Waals surface area (Å²) in [7, 11) is 0. The molecule has 0 saturated carbocycles. The van der Waals surface area contributed by atoms with Gasteiger partial charge in [-0.05, 0) is 35.9 Å². The SMILES string of the molecule is CSc1ccc2nc(Nc3nc(-c4ccc(C(C)C)cc4)cs3)sc2c1. The Bertz CT molecular complexity index is 1030. The van der Waals surface area contributed by atoms with E-state index in [4.69, 9.17) is 4.98 Å². The van der Waals surface area contributed by atoms with E-state index in [1.54, 1.807) is 34.4 Å². The van der Waals surface area contributed by atoms with Crippen molar-refractivity contribution in [1.29, 1.82) is 0 Å². The van der Waals surface area contributed by atoms with Gasteiger partial charge < -0.3 is 5.32 Å². The minimum Gasteiger partial charge on any atom is -0.307 e. The lowest BCUT2D eigenvalue weighted by atomic mass is 10.0. The number of rotatable bonds is 5. The Labute approximate surface area is 165 Å². The summed E-state index contributed by atoms with van der Waals surface area (Å²) in [6.45, 7) is 4.42. The average Bonchev–Trinajstić information content (AvgIpc) is 3.27. The lowest BCUT2D eigenvalue weighted by molar-refractivity contribution is 0.867. The van der Waals surface area contributed by atoms with Crippen LogP contribution in [0.2, 0.25) is 0 Å². The predicted molar refractivity (Wildman–Crippen MR) is 116 cm³/mol. The van der Waals surface area contributed by atoms with Crippen LogP contribution in [-0.4, -0.2) is 16.2 Å². The quantitative estimate of drug-likeness (QED) is 0.368. The van der Waals surface area contributed by atoms with E-state index >= 15 is 0 Å². The van der Waals surface area contributed by atoms with Crippen LogP contribution in [0.4, 0.5) is 10.3 Å². The molecule has 0 spiro atoms. The van der Waals surface area contributed by atoms with Crippen LogP contribution >= 0.6 is 34.4 Å². The molecule has 0 amide bonds. The van der Waals surface area contributed by atoms with Crippen LogP contribution in [0.15, 0.2) is 52.7 Å². The van der Waals surface area contributed by atoms with Crippen molar-refractivity contribution in [3.05, 3.63) is 53.4 Å². The molecule has 0 bridgehead atoms. The van der Waals surface area contributed by atoms with Gasteiger partial charge in [0, 0.05) is 15.8 Å². The van der Waals surface area contributed by atoms with Crippen LogP contribution in [0.5, 0.6) is 0 Å². The lowest BCUT2D eigenvalue weighted by Crippen LogP contribution is -1.89. The van der Waals surface area contributed by atoms with Crippen molar-refractivity contribution in [2.45, 2.75) is 24.7 Å². The molecule has 0 saturated heterocycles. The van der Waals surface area contributed by atoms with Gasteiger partial charge in [0.2, 0.25) is 0 Å². The van der Waals surface area contributed by atoms with Gasteiger partial charge in [-0.1, -0.05) is 49.4 Å². The summed E-state index contributed by atoms with van der Waals surface area (Å²) in [4.78, 5) is 10.6. The standard InChI is InChI=1S/C20H19N3S3/c1-12(2)13-4-6-14(7-5-13)17-11-25-19(22-17)23-20-21-16-9-8-15(24-3)10-18(16)26-20/h4-12H,1-3H3,(H,21,22,23). The van der Waals surface area contributed by atoms with Gasteiger partial charge in [-0.25, -0.2) is 9.97 Å². The molecule has 6 heteroatoms.